The monoisotopic (exact) mass is 667 g/mol. The molecule has 0 unspecified atom stereocenters. The topological polar surface area (TPSA) is 51.8 Å². The van der Waals surface area contributed by atoms with E-state index in [1.165, 1.54) is 27.8 Å². The highest BCUT2D eigenvalue weighted by Gasteiger charge is 2.38. The average molecular weight is 668 g/mol. The van der Waals surface area contributed by atoms with Crippen LogP contribution in [0.2, 0.25) is 0 Å². The number of nitrogens with zero attached hydrogens (tertiary/aromatic N) is 3. The van der Waals surface area contributed by atoms with Crippen molar-refractivity contribution in [2.24, 2.45) is 0 Å². The number of hydrogen-bond donors (Lipinski definition) is 0. The summed E-state index contributed by atoms with van der Waals surface area (Å²) in [4.78, 5) is 15.6. The second kappa shape index (κ2) is 11.7. The van der Waals surface area contributed by atoms with Crippen LogP contribution in [0.25, 0.3) is 89.5 Å². The Labute approximate surface area is 302 Å². The van der Waals surface area contributed by atoms with E-state index in [2.05, 4.69) is 159 Å². The Hall–Kier alpha value is -6.65. The third-order valence-electron chi connectivity index (χ3n) is 10.5. The van der Waals surface area contributed by atoms with Crippen LogP contribution in [0.5, 0.6) is 0 Å². The number of rotatable bonds is 5. The maximum absolute atomic E-state index is 6.51. The van der Waals surface area contributed by atoms with Crippen molar-refractivity contribution in [1.82, 2.24) is 15.0 Å². The van der Waals surface area contributed by atoms with E-state index in [0.29, 0.717) is 17.5 Å². The first kappa shape index (κ1) is 30.2. The van der Waals surface area contributed by atoms with Crippen LogP contribution >= 0.6 is 0 Å². The molecule has 2 heterocycles. The molecule has 0 radical (unpaired) electrons. The van der Waals surface area contributed by atoms with E-state index in [4.69, 9.17) is 19.4 Å². The molecule has 0 bridgehead atoms. The quantitative estimate of drug-likeness (QED) is 0.183. The number of fused-ring (bicyclic) bond motifs is 6. The summed E-state index contributed by atoms with van der Waals surface area (Å²) in [5, 5.41) is 2.16. The van der Waals surface area contributed by atoms with E-state index >= 15 is 0 Å². The van der Waals surface area contributed by atoms with Crippen LogP contribution in [0.1, 0.15) is 25.0 Å². The number of benzene rings is 7. The van der Waals surface area contributed by atoms with Gasteiger partial charge in [0.2, 0.25) is 0 Å². The van der Waals surface area contributed by atoms with Crippen LogP contribution in [0.15, 0.2) is 168 Å². The summed E-state index contributed by atoms with van der Waals surface area (Å²) in [6.45, 7) is 4.59. The minimum absolute atomic E-state index is 0.226. The maximum Gasteiger partial charge on any atom is 0.164 e. The Bertz CT molecular complexity index is 2800. The molecule has 0 N–H and O–H groups in total. The summed E-state index contributed by atoms with van der Waals surface area (Å²) in [5.41, 5.74) is 13.9. The minimum atomic E-state index is -0.226. The normalized spacial score (nSPS) is 13.0. The molecule has 0 fully saturated rings. The summed E-state index contributed by atoms with van der Waals surface area (Å²) in [7, 11) is 0. The van der Waals surface area contributed by atoms with Gasteiger partial charge in [-0.15, -0.1) is 0 Å². The van der Waals surface area contributed by atoms with Crippen molar-refractivity contribution in [2.45, 2.75) is 19.3 Å². The van der Waals surface area contributed by atoms with Gasteiger partial charge >= 0.3 is 0 Å². The third kappa shape index (κ3) is 4.79. The van der Waals surface area contributed by atoms with Crippen molar-refractivity contribution in [1.29, 1.82) is 0 Å². The number of hydrogen-bond acceptors (Lipinski definition) is 4. The maximum atomic E-state index is 6.51. The van der Waals surface area contributed by atoms with Crippen molar-refractivity contribution in [3.63, 3.8) is 0 Å². The summed E-state index contributed by atoms with van der Waals surface area (Å²) in [6, 6.07) is 57.1. The van der Waals surface area contributed by atoms with E-state index in [1.54, 1.807) is 0 Å². The Morgan fingerprint density at radius 3 is 1.75 bits per heavy atom. The minimum Gasteiger partial charge on any atom is -0.456 e. The largest absolute Gasteiger partial charge is 0.456 e. The summed E-state index contributed by atoms with van der Waals surface area (Å²) >= 11 is 0. The molecule has 0 saturated heterocycles. The van der Waals surface area contributed by atoms with Gasteiger partial charge in [-0.05, 0) is 62.7 Å². The van der Waals surface area contributed by atoms with Crippen molar-refractivity contribution < 1.29 is 4.42 Å². The molecule has 0 saturated carbocycles. The molecule has 1 aliphatic carbocycles. The van der Waals surface area contributed by atoms with Crippen molar-refractivity contribution in [2.75, 3.05) is 0 Å². The molecule has 10 rings (SSSR count). The molecular weight excluding hydrogens is 635 g/mol. The lowest BCUT2D eigenvalue weighted by atomic mass is 9.80. The van der Waals surface area contributed by atoms with Crippen LogP contribution in [-0.4, -0.2) is 15.0 Å². The highest BCUT2D eigenvalue weighted by atomic mass is 16.3. The van der Waals surface area contributed by atoms with E-state index < -0.39 is 0 Å². The first-order chi connectivity index (χ1) is 25.5. The van der Waals surface area contributed by atoms with Gasteiger partial charge in [0.25, 0.3) is 0 Å². The molecule has 0 aliphatic heterocycles. The van der Waals surface area contributed by atoms with E-state index in [1.807, 2.05) is 18.2 Å². The zero-order valence-electron chi connectivity index (χ0n) is 28.8. The standard InChI is InChI=1S/C48H33N3O/c1-48(2)40-21-10-9-17-36(40)37-19-11-20-39(44(37)48)47-50-45(33-25-23-31(24-26-33)30-13-5-3-6-14-30)49-46(51-47)34-27-28-38-42(29-34)52-41-22-12-18-35(43(38)41)32-15-7-4-8-16-32/h3-29H,1-2H3. The molecular formula is C48H33N3O. The molecule has 0 spiro atoms. The van der Waals surface area contributed by atoms with Gasteiger partial charge in [-0.1, -0.05) is 159 Å². The Kier molecular flexibility index (Phi) is 6.80. The van der Waals surface area contributed by atoms with Gasteiger partial charge in [0.1, 0.15) is 11.2 Å². The van der Waals surface area contributed by atoms with Crippen molar-refractivity contribution in [3.05, 3.63) is 175 Å². The third-order valence-corrected chi connectivity index (χ3v) is 10.5. The number of furan rings is 1. The van der Waals surface area contributed by atoms with Gasteiger partial charge in [0.05, 0.1) is 0 Å². The van der Waals surface area contributed by atoms with E-state index in [-0.39, 0.29) is 5.41 Å². The van der Waals surface area contributed by atoms with Crippen molar-refractivity contribution >= 4 is 21.9 Å². The molecule has 0 atom stereocenters. The first-order valence-electron chi connectivity index (χ1n) is 17.7. The van der Waals surface area contributed by atoms with Crippen LogP contribution in [-0.2, 0) is 5.41 Å². The Morgan fingerprint density at radius 2 is 0.962 bits per heavy atom. The molecule has 2 aromatic heterocycles. The van der Waals surface area contributed by atoms with Gasteiger partial charge < -0.3 is 4.42 Å². The summed E-state index contributed by atoms with van der Waals surface area (Å²) < 4.78 is 6.51. The number of aromatic nitrogens is 3. The molecule has 4 heteroatoms. The van der Waals surface area contributed by atoms with Crippen LogP contribution in [0.3, 0.4) is 0 Å². The van der Waals surface area contributed by atoms with E-state index in [0.717, 1.165) is 55.3 Å². The fraction of sp³-hybridized carbons (Fsp3) is 0.0625. The van der Waals surface area contributed by atoms with Crippen LogP contribution in [0.4, 0.5) is 0 Å². The first-order valence-corrected chi connectivity index (χ1v) is 17.7. The molecule has 4 nitrogen and oxygen atoms in total. The fourth-order valence-corrected chi connectivity index (χ4v) is 8.05. The fourth-order valence-electron chi connectivity index (χ4n) is 8.05. The molecule has 9 aromatic rings. The van der Waals surface area contributed by atoms with Crippen LogP contribution in [0, 0.1) is 0 Å². The van der Waals surface area contributed by atoms with Gasteiger partial charge in [0.15, 0.2) is 17.5 Å². The predicted molar refractivity (Wildman–Crippen MR) is 212 cm³/mol. The summed E-state index contributed by atoms with van der Waals surface area (Å²) in [6.07, 6.45) is 0. The smallest absolute Gasteiger partial charge is 0.164 e. The van der Waals surface area contributed by atoms with Gasteiger partial charge in [-0.25, -0.2) is 15.0 Å². The molecule has 1 aliphatic rings. The molecule has 0 amide bonds. The zero-order valence-corrected chi connectivity index (χ0v) is 28.8. The lowest BCUT2D eigenvalue weighted by Gasteiger charge is -2.24. The molecule has 246 valence electrons. The van der Waals surface area contributed by atoms with Crippen LogP contribution < -0.4 is 0 Å². The Balaban J connectivity index is 1.16. The second-order valence-corrected chi connectivity index (χ2v) is 14.0. The van der Waals surface area contributed by atoms with Gasteiger partial charge in [-0.2, -0.15) is 0 Å². The SMILES string of the molecule is CC1(C)c2ccccc2-c2cccc(-c3nc(-c4ccc(-c5ccccc5)cc4)nc(-c4ccc5c(c4)oc4cccc(-c6ccccc6)c45)n3)c21. The summed E-state index contributed by atoms with van der Waals surface area (Å²) in [5.74, 6) is 1.88. The van der Waals surface area contributed by atoms with Crippen molar-refractivity contribution in [3.8, 4) is 67.5 Å². The lowest BCUT2D eigenvalue weighted by Crippen LogP contribution is -2.17. The predicted octanol–water partition coefficient (Wildman–Crippen LogP) is 12.4. The highest BCUT2D eigenvalue weighted by molar-refractivity contribution is 6.13. The highest BCUT2D eigenvalue weighted by Crippen LogP contribution is 2.51. The van der Waals surface area contributed by atoms with Gasteiger partial charge in [-0.3, -0.25) is 0 Å². The zero-order chi connectivity index (χ0) is 34.8. The average Bonchev–Trinajstić information content (AvgIpc) is 3.70. The lowest BCUT2D eigenvalue weighted by molar-refractivity contribution is 0.661. The van der Waals surface area contributed by atoms with E-state index in [9.17, 15) is 0 Å². The molecule has 52 heavy (non-hydrogen) atoms. The second-order valence-electron chi connectivity index (χ2n) is 14.0. The van der Waals surface area contributed by atoms with Gasteiger partial charge in [0, 0.05) is 32.9 Å². The molecule has 7 aromatic carbocycles. The Morgan fingerprint density at radius 1 is 0.404 bits per heavy atom.